The van der Waals surface area contributed by atoms with Crippen molar-refractivity contribution in [2.45, 2.75) is 83.5 Å². The zero-order valence-corrected chi connectivity index (χ0v) is 25.1. The molecule has 0 aliphatic heterocycles. The lowest BCUT2D eigenvalue weighted by atomic mass is 9.78. The molecule has 0 radical (unpaired) electrons. The lowest BCUT2D eigenvalue weighted by Gasteiger charge is -2.29. The molecule has 0 heterocycles. The summed E-state index contributed by atoms with van der Waals surface area (Å²) in [5.41, 5.74) is 1.68. The molecule has 0 N–H and O–H groups in total. The molecule has 1 saturated carbocycles. The van der Waals surface area contributed by atoms with Crippen LogP contribution in [0, 0.1) is 47.7 Å². The molecular formula is C36H38F6O2. The molecule has 5 rings (SSSR count). The molecule has 8 heteroatoms. The first-order valence-electron chi connectivity index (χ1n) is 15.5. The molecule has 1 fully saturated rings. The third-order valence-corrected chi connectivity index (χ3v) is 9.14. The Kier molecular flexibility index (Phi) is 10.3. The minimum Gasteiger partial charge on any atom is -0.490 e. The molecule has 2 aliphatic carbocycles. The quantitative estimate of drug-likeness (QED) is 0.167. The summed E-state index contributed by atoms with van der Waals surface area (Å²) in [4.78, 5) is 0. The highest BCUT2D eigenvalue weighted by atomic mass is 19.2. The number of hydrogen-bond donors (Lipinski definition) is 0. The van der Waals surface area contributed by atoms with Gasteiger partial charge in [0.1, 0.15) is 0 Å². The Balaban J connectivity index is 1.17. The van der Waals surface area contributed by atoms with Gasteiger partial charge in [0.25, 0.3) is 0 Å². The minimum absolute atomic E-state index is 0.0840. The van der Waals surface area contributed by atoms with Crippen LogP contribution in [0.15, 0.2) is 42.5 Å². The Bertz CT molecular complexity index is 1510. The van der Waals surface area contributed by atoms with Gasteiger partial charge in [0.05, 0.1) is 13.2 Å². The lowest BCUT2D eigenvalue weighted by molar-refractivity contribution is 0.191. The topological polar surface area (TPSA) is 18.5 Å². The van der Waals surface area contributed by atoms with Crippen LogP contribution in [0.1, 0.15) is 98.8 Å². The molecule has 1 unspecified atom stereocenters. The molecule has 0 saturated heterocycles. The molecule has 0 bridgehead atoms. The van der Waals surface area contributed by atoms with E-state index < -0.39 is 34.9 Å². The summed E-state index contributed by atoms with van der Waals surface area (Å²) in [6.07, 6.45) is 7.31. The summed E-state index contributed by atoms with van der Waals surface area (Å²) in [7, 11) is 0. The molecule has 2 nitrogen and oxygen atoms in total. The average Bonchev–Trinajstić information content (AvgIpc) is 3.03. The van der Waals surface area contributed by atoms with E-state index in [0.29, 0.717) is 62.7 Å². The molecule has 0 aromatic heterocycles. The second-order valence-electron chi connectivity index (χ2n) is 12.1. The van der Waals surface area contributed by atoms with Crippen LogP contribution in [0.3, 0.4) is 0 Å². The predicted molar refractivity (Wildman–Crippen MR) is 159 cm³/mol. The smallest absolute Gasteiger partial charge is 0.201 e. The Morgan fingerprint density at radius 2 is 1.30 bits per heavy atom. The monoisotopic (exact) mass is 616 g/mol. The first kappa shape index (κ1) is 32.0. The van der Waals surface area contributed by atoms with Crippen LogP contribution in [0.2, 0.25) is 0 Å². The first-order chi connectivity index (χ1) is 21.2. The van der Waals surface area contributed by atoms with E-state index in [2.05, 4.69) is 0 Å². The van der Waals surface area contributed by atoms with E-state index in [-0.39, 0.29) is 52.5 Å². The van der Waals surface area contributed by atoms with Crippen molar-refractivity contribution in [2.75, 3.05) is 13.2 Å². The normalized spacial score (nSPS) is 20.4. The molecule has 1 atom stereocenters. The third-order valence-electron chi connectivity index (χ3n) is 9.14. The maximum Gasteiger partial charge on any atom is 0.201 e. The van der Waals surface area contributed by atoms with Gasteiger partial charge in [0.2, 0.25) is 11.6 Å². The van der Waals surface area contributed by atoms with Gasteiger partial charge in [-0.2, -0.15) is 8.78 Å². The number of aryl methyl sites for hydroxylation is 1. The second kappa shape index (κ2) is 14.1. The van der Waals surface area contributed by atoms with Crippen LogP contribution in [0.25, 0.3) is 5.57 Å². The zero-order chi connectivity index (χ0) is 31.4. The number of allylic oxidation sites excluding steroid dienone is 2. The van der Waals surface area contributed by atoms with E-state index >= 15 is 8.78 Å². The van der Waals surface area contributed by atoms with E-state index in [0.717, 1.165) is 12.8 Å². The van der Waals surface area contributed by atoms with Crippen LogP contribution in [-0.4, -0.2) is 13.2 Å². The summed E-state index contributed by atoms with van der Waals surface area (Å²) in [5, 5.41) is 0. The fourth-order valence-corrected chi connectivity index (χ4v) is 6.38. The van der Waals surface area contributed by atoms with E-state index in [9.17, 15) is 17.6 Å². The summed E-state index contributed by atoms with van der Waals surface area (Å²) >= 11 is 0. The number of hydrogen-bond acceptors (Lipinski definition) is 2. The molecular weight excluding hydrogens is 578 g/mol. The molecule has 236 valence electrons. The van der Waals surface area contributed by atoms with Gasteiger partial charge in [-0.1, -0.05) is 37.6 Å². The molecule has 0 spiro atoms. The van der Waals surface area contributed by atoms with Crippen molar-refractivity contribution >= 4 is 5.57 Å². The largest absolute Gasteiger partial charge is 0.490 e. The fraction of sp³-hybridized carbons (Fsp3) is 0.444. The van der Waals surface area contributed by atoms with E-state index in [1.165, 1.54) is 31.2 Å². The van der Waals surface area contributed by atoms with Gasteiger partial charge in [-0.15, -0.1) is 0 Å². The SMILES string of the molecule is CCCCOc1ccc(C2=CCC(c3ccc(OCC4CCC(c5ccc(C)c(F)c5F)CC4)c(F)c3F)CC2)c(F)c1F. The highest BCUT2D eigenvalue weighted by molar-refractivity contribution is 5.68. The van der Waals surface area contributed by atoms with Crippen molar-refractivity contribution in [1.29, 1.82) is 0 Å². The van der Waals surface area contributed by atoms with Gasteiger partial charge in [-0.3, -0.25) is 0 Å². The highest BCUT2D eigenvalue weighted by Crippen LogP contribution is 2.41. The number of halogens is 6. The highest BCUT2D eigenvalue weighted by Gasteiger charge is 2.28. The lowest BCUT2D eigenvalue weighted by Crippen LogP contribution is -2.20. The zero-order valence-electron chi connectivity index (χ0n) is 25.1. The standard InChI is InChI=1S/C36H38F6O2/c1-3-4-19-43-29-17-15-27(33(39)35(29)41)24-10-12-25(13-11-24)28-16-18-30(36(42)34(28)40)44-20-22-6-8-23(9-7-22)26-14-5-21(2)31(37)32(26)38/h5,10,14-18,22-23,25H,3-4,6-9,11-13,19-20H2,1-2H3. The molecule has 3 aromatic rings. The van der Waals surface area contributed by atoms with Crippen LogP contribution in [0.4, 0.5) is 26.3 Å². The van der Waals surface area contributed by atoms with Gasteiger partial charge in [-0.05, 0) is 117 Å². The van der Waals surface area contributed by atoms with Gasteiger partial charge >= 0.3 is 0 Å². The fourth-order valence-electron chi connectivity index (χ4n) is 6.38. The van der Waals surface area contributed by atoms with Crippen LogP contribution >= 0.6 is 0 Å². The van der Waals surface area contributed by atoms with Crippen molar-refractivity contribution in [2.24, 2.45) is 5.92 Å². The van der Waals surface area contributed by atoms with Crippen LogP contribution in [0.5, 0.6) is 11.5 Å². The Morgan fingerprint density at radius 1 is 0.659 bits per heavy atom. The van der Waals surface area contributed by atoms with E-state index in [4.69, 9.17) is 9.47 Å². The van der Waals surface area contributed by atoms with Crippen molar-refractivity contribution in [3.8, 4) is 11.5 Å². The van der Waals surface area contributed by atoms with Crippen molar-refractivity contribution in [1.82, 2.24) is 0 Å². The average molecular weight is 617 g/mol. The number of unbranched alkanes of at least 4 members (excludes halogenated alkanes) is 1. The number of benzene rings is 3. The Labute approximate surface area is 255 Å². The predicted octanol–water partition coefficient (Wildman–Crippen LogP) is 10.7. The third kappa shape index (κ3) is 6.79. The molecule has 2 aliphatic rings. The van der Waals surface area contributed by atoms with Crippen LogP contribution < -0.4 is 9.47 Å². The Morgan fingerprint density at radius 3 is 2.00 bits per heavy atom. The van der Waals surface area contributed by atoms with Crippen molar-refractivity contribution < 1.29 is 35.8 Å². The number of rotatable bonds is 10. The van der Waals surface area contributed by atoms with E-state index in [1.807, 2.05) is 6.92 Å². The van der Waals surface area contributed by atoms with E-state index in [1.54, 1.807) is 18.2 Å². The summed E-state index contributed by atoms with van der Waals surface area (Å²) < 4.78 is 99.2. The van der Waals surface area contributed by atoms with Crippen LogP contribution in [-0.2, 0) is 0 Å². The maximum atomic E-state index is 15.2. The van der Waals surface area contributed by atoms with Gasteiger partial charge in [-0.25, -0.2) is 17.6 Å². The van der Waals surface area contributed by atoms with Crippen molar-refractivity contribution in [3.05, 3.63) is 99.6 Å². The second-order valence-corrected chi connectivity index (χ2v) is 12.1. The molecule has 44 heavy (non-hydrogen) atoms. The minimum atomic E-state index is -1.05. The summed E-state index contributed by atoms with van der Waals surface area (Å²) in [5.74, 6) is -6.16. The maximum absolute atomic E-state index is 15.2. The summed E-state index contributed by atoms with van der Waals surface area (Å²) in [6, 6.07) is 9.15. The van der Waals surface area contributed by atoms with Gasteiger partial charge in [0.15, 0.2) is 34.8 Å². The summed E-state index contributed by atoms with van der Waals surface area (Å²) in [6.45, 7) is 4.02. The van der Waals surface area contributed by atoms with Crippen molar-refractivity contribution in [3.63, 3.8) is 0 Å². The molecule has 0 amide bonds. The molecule has 3 aromatic carbocycles. The van der Waals surface area contributed by atoms with Gasteiger partial charge < -0.3 is 9.47 Å². The van der Waals surface area contributed by atoms with Gasteiger partial charge in [0, 0.05) is 5.56 Å². The Hall–Kier alpha value is -3.42. The first-order valence-corrected chi connectivity index (χ1v) is 15.5. The number of ether oxygens (including phenoxy) is 2.